The first kappa shape index (κ1) is 15.3. The first-order chi connectivity index (χ1) is 5.25. The molecule has 0 aliphatic rings. The molecule has 0 bridgehead atoms. The quantitative estimate of drug-likeness (QED) is 0.299. The van der Waals surface area contributed by atoms with Gasteiger partial charge in [0.05, 0.1) is 0 Å². The van der Waals surface area contributed by atoms with Crippen LogP contribution in [0.25, 0.3) is 0 Å². The van der Waals surface area contributed by atoms with Crippen molar-refractivity contribution in [3.63, 3.8) is 0 Å². The van der Waals surface area contributed by atoms with Crippen molar-refractivity contribution < 1.29 is 39.3 Å². The minimum Gasteiger partial charge on any atom is -0.279 e. The van der Waals surface area contributed by atoms with E-state index in [4.69, 9.17) is 13.0 Å². The largest absolute Gasteiger partial charge is 0.522 e. The Kier molecular flexibility index (Phi) is 5.15. The molecule has 13 heavy (non-hydrogen) atoms. The summed E-state index contributed by atoms with van der Waals surface area (Å²) in [6, 6.07) is 0. The van der Waals surface area contributed by atoms with Crippen molar-refractivity contribution in [2.24, 2.45) is 0 Å². The second kappa shape index (κ2) is 4.37. The van der Waals surface area contributed by atoms with Crippen molar-refractivity contribution in [1.29, 1.82) is 0 Å². The predicted octanol–water partition coefficient (Wildman–Crippen LogP) is 1.83. The average Bonchev–Trinajstić information content (AvgIpc) is 1.50. The molecule has 3 nitrogen and oxygen atoms in total. The molecule has 0 atom stereocenters. The standard InChI is InChI=1S/CHF3O3S.CHF3S/c2-1(3,4)8(5,6)7;2-1(3,4)5/h(H,5,6,7);5H. The molecule has 0 spiro atoms. The molecule has 0 saturated carbocycles. The zero-order chi connectivity index (χ0) is 11.5. The Hall–Kier alpha value is -0.160. The smallest absolute Gasteiger partial charge is 0.279 e. The zero-order valence-corrected chi connectivity index (χ0v) is 7.10. The number of alkyl halides is 6. The molecule has 0 aromatic carbocycles. The van der Waals surface area contributed by atoms with E-state index in [1.807, 2.05) is 0 Å². The first-order valence-electron chi connectivity index (χ1n) is 2.08. The highest BCUT2D eigenvalue weighted by Gasteiger charge is 2.44. The Labute approximate surface area is 73.9 Å². The molecule has 0 aliphatic carbocycles. The molecule has 0 aromatic heterocycles. The fourth-order valence-electron chi connectivity index (χ4n) is 0. The maximum absolute atomic E-state index is 10.7. The molecule has 0 aromatic rings. The topological polar surface area (TPSA) is 54.4 Å². The highest BCUT2D eigenvalue weighted by molar-refractivity contribution is 7.86. The Morgan fingerprint density at radius 2 is 1.08 bits per heavy atom. The van der Waals surface area contributed by atoms with E-state index in [1.165, 1.54) is 0 Å². The monoisotopic (exact) mass is 252 g/mol. The molecular formula is C2H2F6O3S2. The van der Waals surface area contributed by atoms with Crippen molar-refractivity contribution in [3.8, 4) is 0 Å². The Balaban J connectivity index is 0. The maximum atomic E-state index is 10.7. The van der Waals surface area contributed by atoms with E-state index in [9.17, 15) is 26.3 Å². The van der Waals surface area contributed by atoms with E-state index < -0.39 is 21.1 Å². The van der Waals surface area contributed by atoms with E-state index in [1.54, 1.807) is 0 Å². The van der Waals surface area contributed by atoms with Crippen LogP contribution in [0.5, 0.6) is 0 Å². The lowest BCUT2D eigenvalue weighted by Gasteiger charge is -1.97. The third kappa shape index (κ3) is 14.7. The van der Waals surface area contributed by atoms with Gasteiger partial charge in [-0.05, 0) is 0 Å². The second-order valence-electron chi connectivity index (χ2n) is 1.39. The van der Waals surface area contributed by atoms with Crippen LogP contribution in [-0.2, 0) is 10.1 Å². The molecule has 0 heterocycles. The first-order valence-corrected chi connectivity index (χ1v) is 3.96. The molecule has 0 fully saturated rings. The molecule has 11 heteroatoms. The molecule has 1 N–H and O–H groups in total. The summed E-state index contributed by atoms with van der Waals surface area (Å²) in [6.07, 6.45) is 0. The molecular weight excluding hydrogens is 250 g/mol. The van der Waals surface area contributed by atoms with Crippen LogP contribution in [0.2, 0.25) is 0 Å². The maximum Gasteiger partial charge on any atom is 0.522 e. The summed E-state index contributed by atoms with van der Waals surface area (Å²) in [5, 5.41) is 0. The summed E-state index contributed by atoms with van der Waals surface area (Å²) >= 11 is 2.12. The molecule has 0 saturated heterocycles. The van der Waals surface area contributed by atoms with Crippen LogP contribution < -0.4 is 0 Å². The van der Waals surface area contributed by atoms with Crippen LogP contribution in [0.1, 0.15) is 0 Å². The van der Waals surface area contributed by atoms with E-state index in [2.05, 4.69) is 12.6 Å². The van der Waals surface area contributed by atoms with Gasteiger partial charge in [-0.1, -0.05) is 12.6 Å². The summed E-state index contributed by atoms with van der Waals surface area (Å²) in [6.45, 7) is 0. The molecule has 0 unspecified atom stereocenters. The number of thiol groups is 1. The van der Waals surface area contributed by atoms with Crippen molar-refractivity contribution in [1.82, 2.24) is 0 Å². The van der Waals surface area contributed by atoms with E-state index >= 15 is 0 Å². The number of hydrogen-bond acceptors (Lipinski definition) is 3. The van der Waals surface area contributed by atoms with Crippen LogP contribution in [0, 0.1) is 0 Å². The fourth-order valence-corrected chi connectivity index (χ4v) is 0. The lowest BCUT2D eigenvalue weighted by atomic mass is 11.6. The molecule has 0 aliphatic heterocycles. The summed E-state index contributed by atoms with van der Waals surface area (Å²) in [5.41, 5.74) is -9.84. The van der Waals surface area contributed by atoms with Gasteiger partial charge < -0.3 is 0 Å². The van der Waals surface area contributed by atoms with Gasteiger partial charge in [-0.2, -0.15) is 34.8 Å². The van der Waals surface area contributed by atoms with Crippen LogP contribution in [0.15, 0.2) is 0 Å². The Bertz CT molecular complexity index is 230. The van der Waals surface area contributed by atoms with E-state index in [-0.39, 0.29) is 0 Å². The summed E-state index contributed by atoms with van der Waals surface area (Å²) in [7, 11) is -5.84. The summed E-state index contributed by atoms with van der Waals surface area (Å²) in [5.74, 6) is 0. The van der Waals surface area contributed by atoms with Crippen LogP contribution in [0.3, 0.4) is 0 Å². The lowest BCUT2D eigenvalue weighted by Crippen LogP contribution is -2.21. The second-order valence-corrected chi connectivity index (χ2v) is 3.31. The van der Waals surface area contributed by atoms with Gasteiger partial charge in [0.1, 0.15) is 0 Å². The third-order valence-corrected chi connectivity index (χ3v) is 0.877. The molecule has 0 rings (SSSR count). The van der Waals surface area contributed by atoms with Gasteiger partial charge in [0.15, 0.2) is 0 Å². The Morgan fingerprint density at radius 3 is 1.08 bits per heavy atom. The minimum absolute atomic E-state index is 2.12. The van der Waals surface area contributed by atoms with E-state index in [0.717, 1.165) is 0 Å². The van der Waals surface area contributed by atoms with Crippen molar-refractivity contribution in [3.05, 3.63) is 0 Å². The SMILES string of the molecule is FC(F)(F)S.O=S(=O)(O)C(F)(F)F. The zero-order valence-electron chi connectivity index (χ0n) is 5.39. The third-order valence-electron chi connectivity index (χ3n) is 0.292. The minimum atomic E-state index is -5.84. The van der Waals surface area contributed by atoms with Gasteiger partial charge in [0.2, 0.25) is 0 Å². The summed E-state index contributed by atoms with van der Waals surface area (Å²) < 4.78 is 88.2. The van der Waals surface area contributed by atoms with Gasteiger partial charge in [-0.15, -0.1) is 0 Å². The molecule has 82 valence electrons. The van der Waals surface area contributed by atoms with Crippen LogP contribution >= 0.6 is 12.6 Å². The fraction of sp³-hybridized carbons (Fsp3) is 1.00. The highest BCUT2D eigenvalue weighted by atomic mass is 32.2. The van der Waals surface area contributed by atoms with Gasteiger partial charge in [0, 0.05) is 0 Å². The highest BCUT2D eigenvalue weighted by Crippen LogP contribution is 2.20. The van der Waals surface area contributed by atoms with Crippen molar-refractivity contribution in [2.75, 3.05) is 0 Å². The van der Waals surface area contributed by atoms with Gasteiger partial charge in [0.25, 0.3) is 0 Å². The van der Waals surface area contributed by atoms with Gasteiger partial charge in [-0.25, -0.2) is 0 Å². The number of halogens is 6. The predicted molar refractivity (Wildman–Crippen MR) is 32.6 cm³/mol. The van der Waals surface area contributed by atoms with Gasteiger partial charge in [-0.3, -0.25) is 4.55 Å². The molecule has 0 radical (unpaired) electrons. The Morgan fingerprint density at radius 1 is 1.00 bits per heavy atom. The van der Waals surface area contributed by atoms with Gasteiger partial charge >= 0.3 is 21.1 Å². The lowest BCUT2D eigenvalue weighted by molar-refractivity contribution is -0.0510. The average molecular weight is 252 g/mol. The van der Waals surface area contributed by atoms with Crippen molar-refractivity contribution >= 4 is 22.7 Å². The van der Waals surface area contributed by atoms with Crippen molar-refractivity contribution in [2.45, 2.75) is 11.0 Å². The number of rotatable bonds is 0. The normalized spacial score (nSPS) is 13.2. The van der Waals surface area contributed by atoms with E-state index in [0.29, 0.717) is 0 Å². The molecule has 0 amide bonds. The van der Waals surface area contributed by atoms with Crippen LogP contribution in [0.4, 0.5) is 26.3 Å². The van der Waals surface area contributed by atoms with Crippen LogP contribution in [-0.4, -0.2) is 24.0 Å². The summed E-state index contributed by atoms with van der Waals surface area (Å²) in [4.78, 5) is 0. The number of hydrogen-bond donors (Lipinski definition) is 2.